The molecule has 0 radical (unpaired) electrons. The van der Waals surface area contributed by atoms with Gasteiger partial charge in [0.2, 0.25) is 0 Å². The molecule has 0 atom stereocenters. The van der Waals surface area contributed by atoms with Crippen LogP contribution < -0.4 is 0 Å². The number of benzene rings is 1. The van der Waals surface area contributed by atoms with Crippen LogP contribution in [0, 0.1) is 0 Å². The Bertz CT molecular complexity index is 349. The van der Waals surface area contributed by atoms with Crippen molar-refractivity contribution in [1.82, 2.24) is 0 Å². The van der Waals surface area contributed by atoms with Gasteiger partial charge in [-0.15, -0.1) is 0 Å². The Morgan fingerprint density at radius 1 is 1.36 bits per heavy atom. The summed E-state index contributed by atoms with van der Waals surface area (Å²) in [6, 6.07) is 6.08. The van der Waals surface area contributed by atoms with Crippen molar-refractivity contribution in [2.24, 2.45) is 0 Å². The summed E-state index contributed by atoms with van der Waals surface area (Å²) in [5, 5.41) is 9.02. The van der Waals surface area contributed by atoms with Gasteiger partial charge in [-0.25, -0.2) is 0 Å². The second-order valence-electron chi connectivity index (χ2n) is 2.87. The molecule has 0 saturated carbocycles. The standard InChI is InChI=1S/C11H12O3/c1-8(14-2)7-11(13)9-3-5-10(12)6-4-9/h3-7,12H,1-2H3. The SMILES string of the molecule is COC(C)=CC(=O)c1ccc(O)cc1. The topological polar surface area (TPSA) is 46.5 Å². The monoisotopic (exact) mass is 192 g/mol. The molecule has 14 heavy (non-hydrogen) atoms. The quantitative estimate of drug-likeness (QED) is 0.453. The molecule has 0 bridgehead atoms. The number of allylic oxidation sites excluding steroid dienone is 2. The van der Waals surface area contributed by atoms with Gasteiger partial charge < -0.3 is 9.84 Å². The Balaban J connectivity index is 2.85. The lowest BCUT2D eigenvalue weighted by atomic mass is 10.1. The van der Waals surface area contributed by atoms with Crippen LogP contribution in [0.5, 0.6) is 5.75 Å². The Hall–Kier alpha value is -1.77. The van der Waals surface area contributed by atoms with Crippen molar-refractivity contribution in [3.8, 4) is 5.75 Å². The normalized spacial score (nSPS) is 11.1. The van der Waals surface area contributed by atoms with Gasteiger partial charge in [0.15, 0.2) is 5.78 Å². The first kappa shape index (κ1) is 10.3. The van der Waals surface area contributed by atoms with Gasteiger partial charge in [0.25, 0.3) is 0 Å². The number of methoxy groups -OCH3 is 1. The lowest BCUT2D eigenvalue weighted by molar-refractivity contribution is 0.104. The molecule has 1 N–H and O–H groups in total. The molecular formula is C11H12O3. The van der Waals surface area contributed by atoms with E-state index in [1.807, 2.05) is 0 Å². The van der Waals surface area contributed by atoms with Gasteiger partial charge in [0, 0.05) is 11.6 Å². The third kappa shape index (κ3) is 2.62. The number of rotatable bonds is 3. The lowest BCUT2D eigenvalue weighted by Crippen LogP contribution is -1.95. The lowest BCUT2D eigenvalue weighted by Gasteiger charge is -1.99. The second kappa shape index (κ2) is 4.46. The minimum Gasteiger partial charge on any atom is -0.508 e. The molecule has 0 aliphatic heterocycles. The number of phenolic OH excluding ortho intramolecular Hbond substituents is 1. The zero-order valence-electron chi connectivity index (χ0n) is 8.15. The summed E-state index contributed by atoms with van der Waals surface area (Å²) in [5.74, 6) is 0.571. The van der Waals surface area contributed by atoms with Gasteiger partial charge in [0.1, 0.15) is 5.75 Å². The maximum absolute atomic E-state index is 11.5. The molecular weight excluding hydrogens is 180 g/mol. The van der Waals surface area contributed by atoms with E-state index < -0.39 is 0 Å². The van der Waals surface area contributed by atoms with E-state index in [2.05, 4.69) is 0 Å². The van der Waals surface area contributed by atoms with E-state index in [1.165, 1.54) is 25.3 Å². The number of phenols is 1. The number of carbonyl (C=O) groups excluding carboxylic acids is 1. The van der Waals surface area contributed by atoms with Crippen LogP contribution in [0.4, 0.5) is 0 Å². The van der Waals surface area contributed by atoms with Gasteiger partial charge in [-0.3, -0.25) is 4.79 Å². The van der Waals surface area contributed by atoms with E-state index >= 15 is 0 Å². The molecule has 0 heterocycles. The fraction of sp³-hybridized carbons (Fsp3) is 0.182. The predicted molar refractivity (Wildman–Crippen MR) is 53.2 cm³/mol. The fourth-order valence-corrected chi connectivity index (χ4v) is 0.953. The van der Waals surface area contributed by atoms with Gasteiger partial charge in [-0.05, 0) is 31.2 Å². The summed E-state index contributed by atoms with van der Waals surface area (Å²) in [5.41, 5.74) is 0.527. The highest BCUT2D eigenvalue weighted by atomic mass is 16.5. The van der Waals surface area contributed by atoms with E-state index in [1.54, 1.807) is 19.1 Å². The summed E-state index contributed by atoms with van der Waals surface area (Å²) in [4.78, 5) is 11.5. The zero-order valence-corrected chi connectivity index (χ0v) is 8.15. The average molecular weight is 192 g/mol. The molecule has 3 heteroatoms. The molecule has 0 aromatic heterocycles. The highest BCUT2D eigenvalue weighted by Gasteiger charge is 2.02. The molecule has 1 aromatic carbocycles. The van der Waals surface area contributed by atoms with Crippen molar-refractivity contribution in [2.75, 3.05) is 7.11 Å². The summed E-state index contributed by atoms with van der Waals surface area (Å²) >= 11 is 0. The van der Waals surface area contributed by atoms with Crippen LogP contribution in [0.1, 0.15) is 17.3 Å². The molecule has 0 fully saturated rings. The summed E-state index contributed by atoms with van der Waals surface area (Å²) < 4.78 is 4.86. The van der Waals surface area contributed by atoms with Gasteiger partial charge in [-0.1, -0.05) is 0 Å². The third-order valence-corrected chi connectivity index (χ3v) is 1.81. The van der Waals surface area contributed by atoms with Crippen LogP contribution in [0.15, 0.2) is 36.1 Å². The molecule has 1 rings (SSSR count). The van der Waals surface area contributed by atoms with Crippen molar-refractivity contribution in [3.63, 3.8) is 0 Å². The van der Waals surface area contributed by atoms with E-state index in [0.717, 1.165) is 0 Å². The number of hydrogen-bond donors (Lipinski definition) is 1. The van der Waals surface area contributed by atoms with Gasteiger partial charge in [-0.2, -0.15) is 0 Å². The van der Waals surface area contributed by atoms with Crippen molar-refractivity contribution in [1.29, 1.82) is 0 Å². The first-order valence-corrected chi connectivity index (χ1v) is 4.19. The number of ketones is 1. The Morgan fingerprint density at radius 3 is 2.43 bits per heavy atom. The minimum absolute atomic E-state index is 0.135. The van der Waals surface area contributed by atoms with E-state index in [0.29, 0.717) is 11.3 Å². The van der Waals surface area contributed by atoms with Crippen LogP contribution in [-0.2, 0) is 4.74 Å². The van der Waals surface area contributed by atoms with Crippen LogP contribution in [0.2, 0.25) is 0 Å². The Kier molecular flexibility index (Phi) is 3.29. The minimum atomic E-state index is -0.135. The van der Waals surface area contributed by atoms with Crippen molar-refractivity contribution >= 4 is 5.78 Å². The van der Waals surface area contributed by atoms with E-state index in [-0.39, 0.29) is 11.5 Å². The molecule has 0 saturated heterocycles. The van der Waals surface area contributed by atoms with Crippen LogP contribution in [0.3, 0.4) is 0 Å². The Labute approximate surface area is 82.6 Å². The van der Waals surface area contributed by atoms with E-state index in [9.17, 15) is 4.79 Å². The smallest absolute Gasteiger partial charge is 0.189 e. The first-order chi connectivity index (χ1) is 6.63. The molecule has 74 valence electrons. The molecule has 1 aromatic rings. The molecule has 0 spiro atoms. The third-order valence-electron chi connectivity index (χ3n) is 1.81. The fourth-order valence-electron chi connectivity index (χ4n) is 0.953. The van der Waals surface area contributed by atoms with Crippen LogP contribution in [-0.4, -0.2) is 18.0 Å². The largest absolute Gasteiger partial charge is 0.508 e. The van der Waals surface area contributed by atoms with E-state index in [4.69, 9.17) is 9.84 Å². The van der Waals surface area contributed by atoms with Crippen molar-refractivity contribution in [3.05, 3.63) is 41.7 Å². The van der Waals surface area contributed by atoms with Crippen LogP contribution >= 0.6 is 0 Å². The predicted octanol–water partition coefficient (Wildman–Crippen LogP) is 2.13. The van der Waals surface area contributed by atoms with Crippen LogP contribution in [0.25, 0.3) is 0 Å². The van der Waals surface area contributed by atoms with Crippen molar-refractivity contribution in [2.45, 2.75) is 6.92 Å². The number of carbonyl (C=O) groups is 1. The Morgan fingerprint density at radius 2 is 1.93 bits per heavy atom. The summed E-state index contributed by atoms with van der Waals surface area (Å²) in [6.45, 7) is 1.71. The average Bonchev–Trinajstić information content (AvgIpc) is 2.18. The van der Waals surface area contributed by atoms with Crippen molar-refractivity contribution < 1.29 is 14.6 Å². The molecule has 0 aliphatic carbocycles. The molecule has 0 amide bonds. The first-order valence-electron chi connectivity index (χ1n) is 4.19. The summed E-state index contributed by atoms with van der Waals surface area (Å²) in [6.07, 6.45) is 1.41. The molecule has 0 unspecified atom stereocenters. The molecule has 0 aliphatic rings. The molecule has 3 nitrogen and oxygen atoms in total. The second-order valence-corrected chi connectivity index (χ2v) is 2.87. The van der Waals surface area contributed by atoms with Gasteiger partial charge >= 0.3 is 0 Å². The number of ether oxygens (including phenoxy) is 1. The maximum Gasteiger partial charge on any atom is 0.189 e. The maximum atomic E-state index is 11.5. The highest BCUT2D eigenvalue weighted by Crippen LogP contribution is 2.11. The summed E-state index contributed by atoms with van der Waals surface area (Å²) in [7, 11) is 1.51. The van der Waals surface area contributed by atoms with Gasteiger partial charge in [0.05, 0.1) is 12.9 Å². The number of aromatic hydroxyl groups is 1. The number of hydrogen-bond acceptors (Lipinski definition) is 3. The highest BCUT2D eigenvalue weighted by molar-refractivity contribution is 6.04. The zero-order chi connectivity index (χ0) is 10.6.